The summed E-state index contributed by atoms with van der Waals surface area (Å²) in [5.41, 5.74) is 3.29. The smallest absolute Gasteiger partial charge is 0.199 e. The minimum absolute atomic E-state index is 0.0960. The second kappa shape index (κ2) is 7.93. The Morgan fingerprint density at radius 1 is 0.806 bits per heavy atom. The first-order valence-corrected chi connectivity index (χ1v) is 13.5. The Hall–Kier alpha value is -2.41. The van der Waals surface area contributed by atoms with Gasteiger partial charge in [0.15, 0.2) is 0 Å². The molecule has 4 aromatic rings. The first-order chi connectivity index (χ1) is 14.9. The van der Waals surface area contributed by atoms with Crippen molar-refractivity contribution in [3.05, 3.63) is 102 Å². The molecule has 2 unspecified atom stereocenters. The quantitative estimate of drug-likeness (QED) is 0.335. The van der Waals surface area contributed by atoms with Crippen molar-refractivity contribution in [3.63, 3.8) is 0 Å². The first kappa shape index (κ1) is 20.5. The largest absolute Gasteiger partial charge is 0.288 e. The van der Waals surface area contributed by atoms with Crippen LogP contribution in [0.5, 0.6) is 0 Å². The molecule has 0 bridgehead atoms. The minimum Gasteiger partial charge on any atom is -0.199 e. The molecule has 3 nitrogen and oxygen atoms in total. The molecule has 0 fully saturated rings. The van der Waals surface area contributed by atoms with Crippen LogP contribution >= 0.6 is 11.8 Å². The number of thioether (sulfide) groups is 1. The summed E-state index contributed by atoms with van der Waals surface area (Å²) in [5, 5.41) is 2.23. The van der Waals surface area contributed by atoms with Gasteiger partial charge in [0.25, 0.3) is 10.0 Å². The van der Waals surface area contributed by atoms with Gasteiger partial charge in [-0.15, -0.1) is 15.5 Å². The Labute approximate surface area is 189 Å². The first-order valence-electron chi connectivity index (χ1n) is 9.95. The van der Waals surface area contributed by atoms with E-state index in [1.165, 1.54) is 10.5 Å². The third-order valence-corrected chi connectivity index (χ3v) is 11.0. The maximum Gasteiger partial charge on any atom is 0.288 e. The van der Waals surface area contributed by atoms with Crippen LogP contribution in [-0.2, 0) is 20.7 Å². The third kappa shape index (κ3) is 3.84. The highest BCUT2D eigenvalue weighted by Crippen LogP contribution is 2.50. The molecular weight excluding hydrogens is 442 g/mol. The molecule has 1 aliphatic rings. The van der Waals surface area contributed by atoms with E-state index in [1.807, 2.05) is 31.2 Å². The van der Waals surface area contributed by atoms with Crippen molar-refractivity contribution in [2.75, 3.05) is 0 Å². The SMILES string of the molecule is Cc1ccc(C2Sc3cccc4cccc(c34)/S2=N\S(=O)(=O)c2ccc(C)cc2)cc1. The van der Waals surface area contributed by atoms with Crippen LogP contribution in [0.4, 0.5) is 0 Å². The average molecular weight is 464 g/mol. The van der Waals surface area contributed by atoms with Crippen LogP contribution < -0.4 is 0 Å². The van der Waals surface area contributed by atoms with Crippen molar-refractivity contribution >= 4 is 43.2 Å². The zero-order valence-electron chi connectivity index (χ0n) is 17.1. The van der Waals surface area contributed by atoms with Gasteiger partial charge in [0.1, 0.15) is 0 Å². The summed E-state index contributed by atoms with van der Waals surface area (Å²) in [6.07, 6.45) is 0. The zero-order chi connectivity index (χ0) is 21.6. The minimum atomic E-state index is -3.80. The number of aryl methyl sites for hydroxylation is 2. The highest BCUT2D eigenvalue weighted by Gasteiger charge is 2.30. The van der Waals surface area contributed by atoms with E-state index in [9.17, 15) is 8.42 Å². The van der Waals surface area contributed by atoms with Gasteiger partial charge in [-0.05, 0) is 59.8 Å². The average Bonchev–Trinajstić information content (AvgIpc) is 2.76. The summed E-state index contributed by atoms with van der Waals surface area (Å²) >= 11 is 1.71. The lowest BCUT2D eigenvalue weighted by atomic mass is 10.1. The molecule has 6 heteroatoms. The van der Waals surface area contributed by atoms with Crippen molar-refractivity contribution in [2.24, 2.45) is 3.77 Å². The van der Waals surface area contributed by atoms with Crippen molar-refractivity contribution in [1.29, 1.82) is 0 Å². The summed E-state index contributed by atoms with van der Waals surface area (Å²) in [4.78, 5) is 2.41. The molecular formula is C25H21NO2S3. The fourth-order valence-electron chi connectivity index (χ4n) is 3.68. The van der Waals surface area contributed by atoms with Gasteiger partial charge >= 0.3 is 0 Å². The monoisotopic (exact) mass is 463 g/mol. The summed E-state index contributed by atoms with van der Waals surface area (Å²) in [7, 11) is -4.66. The lowest BCUT2D eigenvalue weighted by Crippen LogP contribution is -2.11. The summed E-state index contributed by atoms with van der Waals surface area (Å²) in [6.45, 7) is 4.00. The summed E-state index contributed by atoms with van der Waals surface area (Å²) in [6, 6.07) is 27.6. The van der Waals surface area contributed by atoms with Gasteiger partial charge in [-0.2, -0.15) is 8.42 Å². The van der Waals surface area contributed by atoms with E-state index in [0.29, 0.717) is 0 Å². The summed E-state index contributed by atoms with van der Waals surface area (Å²) < 4.78 is 31.1. The lowest BCUT2D eigenvalue weighted by molar-refractivity contribution is 0.598. The van der Waals surface area contributed by atoms with Crippen molar-refractivity contribution in [1.82, 2.24) is 0 Å². The topological polar surface area (TPSA) is 46.5 Å². The molecule has 31 heavy (non-hydrogen) atoms. The zero-order valence-corrected chi connectivity index (χ0v) is 19.6. The molecule has 156 valence electrons. The second-order valence-electron chi connectivity index (χ2n) is 7.65. The number of rotatable bonds is 3. The number of hydrogen-bond donors (Lipinski definition) is 0. The molecule has 0 saturated carbocycles. The maximum atomic E-state index is 13.3. The molecule has 0 saturated heterocycles. The van der Waals surface area contributed by atoms with Gasteiger partial charge in [-0.3, -0.25) is 0 Å². The van der Waals surface area contributed by atoms with E-state index in [1.54, 1.807) is 23.9 Å². The van der Waals surface area contributed by atoms with Crippen LogP contribution in [0.2, 0.25) is 0 Å². The molecule has 1 heterocycles. The van der Waals surface area contributed by atoms with E-state index in [-0.39, 0.29) is 9.48 Å². The van der Waals surface area contributed by atoms with Crippen molar-refractivity contribution in [2.45, 2.75) is 33.1 Å². The van der Waals surface area contributed by atoms with Gasteiger partial charge in [0.2, 0.25) is 0 Å². The van der Waals surface area contributed by atoms with Gasteiger partial charge in [0.05, 0.1) is 9.48 Å². The fraction of sp³-hybridized carbons (Fsp3) is 0.120. The van der Waals surface area contributed by atoms with Gasteiger partial charge in [-0.1, -0.05) is 71.8 Å². The van der Waals surface area contributed by atoms with Crippen LogP contribution in [0, 0.1) is 13.8 Å². The van der Waals surface area contributed by atoms with Crippen molar-refractivity contribution in [3.8, 4) is 0 Å². The Morgan fingerprint density at radius 3 is 2.10 bits per heavy atom. The lowest BCUT2D eigenvalue weighted by Gasteiger charge is -2.28. The number of benzene rings is 4. The Kier molecular flexibility index (Phi) is 5.24. The van der Waals surface area contributed by atoms with Crippen LogP contribution in [-0.4, -0.2) is 8.42 Å². The summed E-state index contributed by atoms with van der Waals surface area (Å²) in [5.74, 6) is 0. The maximum absolute atomic E-state index is 13.3. The number of nitrogens with zero attached hydrogens (tertiary/aromatic N) is 1. The second-order valence-corrected chi connectivity index (χ2v) is 12.7. The molecule has 5 rings (SSSR count). The predicted molar refractivity (Wildman–Crippen MR) is 130 cm³/mol. The molecule has 0 amide bonds. The van der Waals surface area contributed by atoms with E-state index < -0.39 is 20.7 Å². The van der Waals surface area contributed by atoms with E-state index in [2.05, 4.69) is 59.2 Å². The Bertz CT molecular complexity index is 1420. The highest BCUT2D eigenvalue weighted by atomic mass is 32.3. The molecule has 0 aliphatic carbocycles. The van der Waals surface area contributed by atoms with Gasteiger partial charge < -0.3 is 0 Å². The fourth-order valence-corrected chi connectivity index (χ4v) is 9.68. The van der Waals surface area contributed by atoms with E-state index in [0.717, 1.165) is 26.8 Å². The third-order valence-electron chi connectivity index (χ3n) is 5.34. The van der Waals surface area contributed by atoms with Crippen LogP contribution in [0.1, 0.15) is 21.3 Å². The molecule has 1 aliphatic heterocycles. The van der Waals surface area contributed by atoms with Crippen LogP contribution in [0.15, 0.2) is 103 Å². The highest BCUT2D eigenvalue weighted by molar-refractivity contribution is 8.14. The van der Waals surface area contributed by atoms with Crippen LogP contribution in [0.25, 0.3) is 10.8 Å². The van der Waals surface area contributed by atoms with E-state index in [4.69, 9.17) is 0 Å². The van der Waals surface area contributed by atoms with Crippen molar-refractivity contribution < 1.29 is 8.42 Å². The standard InChI is InChI=1S/C25H21NO2S3/c1-17-9-13-20(14-10-17)25-29-22-7-3-5-19-6-4-8-23(24(19)22)30(25)26-31(27,28)21-15-11-18(2)12-16-21/h3-16,25H,1-2H3. The normalized spacial score (nSPS) is 18.4. The molecule has 0 aromatic heterocycles. The Balaban J connectivity index is 1.75. The van der Waals surface area contributed by atoms with Gasteiger partial charge in [0, 0.05) is 15.2 Å². The predicted octanol–water partition coefficient (Wildman–Crippen LogP) is 6.81. The number of sulfonamides is 1. The molecule has 0 spiro atoms. The van der Waals surface area contributed by atoms with E-state index >= 15 is 0 Å². The molecule has 2 atom stereocenters. The number of hydrogen-bond acceptors (Lipinski definition) is 3. The molecule has 4 aromatic carbocycles. The van der Waals surface area contributed by atoms with Gasteiger partial charge in [-0.25, -0.2) is 0 Å². The Morgan fingerprint density at radius 2 is 1.42 bits per heavy atom. The molecule has 0 radical (unpaired) electrons. The van der Waals surface area contributed by atoms with Crippen LogP contribution in [0.3, 0.4) is 0 Å². The molecule has 0 N–H and O–H groups in total.